The van der Waals surface area contributed by atoms with E-state index in [4.69, 9.17) is 11.6 Å². The minimum absolute atomic E-state index is 0.0597. The van der Waals surface area contributed by atoms with E-state index in [0.29, 0.717) is 5.82 Å². The van der Waals surface area contributed by atoms with Crippen molar-refractivity contribution in [1.29, 1.82) is 0 Å². The molecule has 9 heteroatoms. The number of carbonyl (C=O) groups excluding carboxylic acids is 1. The Balaban J connectivity index is 2.26. The van der Waals surface area contributed by atoms with Crippen LogP contribution in [-0.4, -0.2) is 27.8 Å². The SMILES string of the molecule is CNc1cncc(C(=O)Nc2cc([N+](=O)[O-])ccc2Cl)n1. The number of nitrogens with zero attached hydrogens (tertiary/aromatic N) is 3. The van der Waals surface area contributed by atoms with Crippen molar-refractivity contribution < 1.29 is 9.72 Å². The van der Waals surface area contributed by atoms with Crippen molar-refractivity contribution in [1.82, 2.24) is 9.97 Å². The van der Waals surface area contributed by atoms with Gasteiger partial charge in [0, 0.05) is 19.2 Å². The Bertz CT molecular complexity index is 707. The lowest BCUT2D eigenvalue weighted by atomic mass is 10.2. The van der Waals surface area contributed by atoms with Gasteiger partial charge in [-0.3, -0.25) is 19.9 Å². The number of non-ortho nitro benzene ring substituents is 1. The molecule has 21 heavy (non-hydrogen) atoms. The molecule has 0 unspecified atom stereocenters. The van der Waals surface area contributed by atoms with Gasteiger partial charge in [-0.15, -0.1) is 0 Å². The molecule has 0 radical (unpaired) electrons. The van der Waals surface area contributed by atoms with Crippen molar-refractivity contribution in [3.8, 4) is 0 Å². The van der Waals surface area contributed by atoms with Crippen LogP contribution in [0, 0.1) is 10.1 Å². The first-order valence-electron chi connectivity index (χ1n) is 5.76. The van der Waals surface area contributed by atoms with E-state index >= 15 is 0 Å². The Morgan fingerprint density at radius 1 is 1.38 bits per heavy atom. The zero-order chi connectivity index (χ0) is 15.4. The summed E-state index contributed by atoms with van der Waals surface area (Å²) in [4.78, 5) is 30.1. The fraction of sp³-hybridized carbons (Fsp3) is 0.0833. The average Bonchev–Trinajstić information content (AvgIpc) is 2.49. The Kier molecular flexibility index (Phi) is 4.29. The molecule has 108 valence electrons. The maximum Gasteiger partial charge on any atom is 0.275 e. The first kappa shape index (κ1) is 14.7. The van der Waals surface area contributed by atoms with Gasteiger partial charge in [-0.2, -0.15) is 0 Å². The average molecular weight is 308 g/mol. The molecule has 1 amide bonds. The Labute approximate surface area is 124 Å². The summed E-state index contributed by atoms with van der Waals surface area (Å²) in [5, 5.41) is 16.1. The predicted molar refractivity (Wildman–Crippen MR) is 77.6 cm³/mol. The standard InChI is InChI=1S/C12H10ClN5O3/c1-14-11-6-15-5-10(16-11)12(19)17-9-4-7(18(20)21)2-3-8(9)13/h2-6H,1H3,(H,14,16)(H,17,19). The van der Waals surface area contributed by atoms with E-state index < -0.39 is 10.8 Å². The van der Waals surface area contributed by atoms with Gasteiger partial charge in [-0.1, -0.05) is 11.6 Å². The number of aromatic nitrogens is 2. The molecule has 0 bridgehead atoms. The van der Waals surface area contributed by atoms with Crippen LogP contribution < -0.4 is 10.6 Å². The van der Waals surface area contributed by atoms with Crippen LogP contribution in [0.25, 0.3) is 0 Å². The summed E-state index contributed by atoms with van der Waals surface area (Å²) in [5.74, 6) is -0.144. The lowest BCUT2D eigenvalue weighted by molar-refractivity contribution is -0.384. The quantitative estimate of drug-likeness (QED) is 0.662. The Hall–Kier alpha value is -2.74. The van der Waals surface area contributed by atoms with E-state index in [1.54, 1.807) is 7.05 Å². The number of anilines is 2. The van der Waals surface area contributed by atoms with Crippen LogP contribution in [0.2, 0.25) is 5.02 Å². The minimum Gasteiger partial charge on any atom is -0.372 e. The Morgan fingerprint density at radius 2 is 2.14 bits per heavy atom. The number of nitro groups is 1. The van der Waals surface area contributed by atoms with E-state index in [2.05, 4.69) is 20.6 Å². The number of halogens is 1. The van der Waals surface area contributed by atoms with Gasteiger partial charge in [-0.05, 0) is 6.07 Å². The van der Waals surface area contributed by atoms with Gasteiger partial charge >= 0.3 is 0 Å². The second kappa shape index (κ2) is 6.14. The molecule has 0 aliphatic rings. The van der Waals surface area contributed by atoms with Crippen LogP contribution in [0.5, 0.6) is 0 Å². The number of nitro benzene ring substituents is 1. The number of hydrogen-bond donors (Lipinski definition) is 2. The van der Waals surface area contributed by atoms with Crippen LogP contribution in [0.1, 0.15) is 10.5 Å². The summed E-state index contributed by atoms with van der Waals surface area (Å²) in [6.07, 6.45) is 2.73. The van der Waals surface area contributed by atoms with E-state index in [-0.39, 0.29) is 22.1 Å². The summed E-state index contributed by atoms with van der Waals surface area (Å²) in [6.45, 7) is 0. The number of rotatable bonds is 4. The van der Waals surface area contributed by atoms with Gasteiger partial charge in [0.2, 0.25) is 0 Å². The van der Waals surface area contributed by atoms with Crippen LogP contribution in [0.3, 0.4) is 0 Å². The number of carbonyl (C=O) groups is 1. The third-order valence-electron chi connectivity index (χ3n) is 2.53. The van der Waals surface area contributed by atoms with Crippen molar-refractivity contribution in [2.24, 2.45) is 0 Å². The fourth-order valence-electron chi connectivity index (χ4n) is 1.50. The van der Waals surface area contributed by atoms with Crippen LogP contribution >= 0.6 is 11.6 Å². The molecule has 1 aromatic heterocycles. The Morgan fingerprint density at radius 3 is 2.81 bits per heavy atom. The number of benzene rings is 1. The van der Waals surface area contributed by atoms with E-state index in [1.807, 2.05) is 0 Å². The highest BCUT2D eigenvalue weighted by Crippen LogP contribution is 2.27. The van der Waals surface area contributed by atoms with Crippen molar-refractivity contribution >= 4 is 34.7 Å². The molecule has 0 atom stereocenters. The molecule has 2 rings (SSSR count). The smallest absolute Gasteiger partial charge is 0.275 e. The predicted octanol–water partition coefficient (Wildman–Crippen LogP) is 2.33. The van der Waals surface area contributed by atoms with Crippen molar-refractivity contribution in [3.63, 3.8) is 0 Å². The molecule has 8 nitrogen and oxygen atoms in total. The van der Waals surface area contributed by atoms with Crippen LogP contribution in [0.4, 0.5) is 17.2 Å². The first-order chi connectivity index (χ1) is 10.0. The van der Waals surface area contributed by atoms with Gasteiger partial charge in [-0.25, -0.2) is 4.98 Å². The number of nitrogens with one attached hydrogen (secondary N) is 2. The first-order valence-corrected chi connectivity index (χ1v) is 6.14. The van der Waals surface area contributed by atoms with Gasteiger partial charge in [0.05, 0.1) is 28.0 Å². The largest absolute Gasteiger partial charge is 0.372 e. The monoisotopic (exact) mass is 307 g/mol. The molecule has 0 saturated heterocycles. The molecular formula is C12H10ClN5O3. The maximum atomic E-state index is 12.0. The molecule has 2 aromatic rings. The molecule has 1 heterocycles. The number of amides is 1. The fourth-order valence-corrected chi connectivity index (χ4v) is 1.67. The second-order valence-electron chi connectivity index (χ2n) is 3.91. The molecule has 0 fully saturated rings. The van der Waals surface area contributed by atoms with Gasteiger partial charge in [0.1, 0.15) is 11.5 Å². The minimum atomic E-state index is -0.576. The maximum absolute atomic E-state index is 12.0. The molecular weight excluding hydrogens is 298 g/mol. The summed E-state index contributed by atoms with van der Waals surface area (Å²) < 4.78 is 0. The summed E-state index contributed by atoms with van der Waals surface area (Å²) in [6, 6.07) is 3.76. The zero-order valence-corrected chi connectivity index (χ0v) is 11.6. The van der Waals surface area contributed by atoms with Crippen molar-refractivity contribution in [3.05, 3.63) is 51.4 Å². The topological polar surface area (TPSA) is 110 Å². The summed E-state index contributed by atoms with van der Waals surface area (Å²) >= 11 is 5.91. The molecule has 1 aromatic carbocycles. The number of hydrogen-bond acceptors (Lipinski definition) is 6. The summed E-state index contributed by atoms with van der Waals surface area (Å²) in [5.41, 5.74) is 0.0155. The highest BCUT2D eigenvalue weighted by atomic mass is 35.5. The van der Waals surface area contributed by atoms with Crippen molar-refractivity contribution in [2.45, 2.75) is 0 Å². The van der Waals surface area contributed by atoms with Gasteiger partial charge < -0.3 is 10.6 Å². The third-order valence-corrected chi connectivity index (χ3v) is 2.86. The van der Waals surface area contributed by atoms with Crippen molar-refractivity contribution in [2.75, 3.05) is 17.7 Å². The van der Waals surface area contributed by atoms with E-state index in [1.165, 1.54) is 30.6 Å². The second-order valence-corrected chi connectivity index (χ2v) is 4.32. The zero-order valence-electron chi connectivity index (χ0n) is 10.8. The van der Waals surface area contributed by atoms with Crippen LogP contribution in [-0.2, 0) is 0 Å². The molecule has 0 aliphatic heterocycles. The normalized spacial score (nSPS) is 10.0. The molecule has 2 N–H and O–H groups in total. The van der Waals surface area contributed by atoms with E-state index in [0.717, 1.165) is 0 Å². The lowest BCUT2D eigenvalue weighted by Crippen LogP contribution is -2.15. The van der Waals surface area contributed by atoms with Crippen LogP contribution in [0.15, 0.2) is 30.6 Å². The highest BCUT2D eigenvalue weighted by Gasteiger charge is 2.14. The van der Waals surface area contributed by atoms with Gasteiger partial charge in [0.15, 0.2) is 0 Å². The summed E-state index contributed by atoms with van der Waals surface area (Å²) in [7, 11) is 1.64. The van der Waals surface area contributed by atoms with Gasteiger partial charge in [0.25, 0.3) is 11.6 Å². The van der Waals surface area contributed by atoms with E-state index in [9.17, 15) is 14.9 Å². The lowest BCUT2D eigenvalue weighted by Gasteiger charge is -2.07. The molecule has 0 aliphatic carbocycles. The third kappa shape index (κ3) is 3.42. The molecule has 0 saturated carbocycles. The highest BCUT2D eigenvalue weighted by molar-refractivity contribution is 6.34. The molecule has 0 spiro atoms.